The second-order valence-corrected chi connectivity index (χ2v) is 7.06. The van der Waals surface area contributed by atoms with Gasteiger partial charge in [0.25, 0.3) is 0 Å². The molecule has 0 fully saturated rings. The summed E-state index contributed by atoms with van der Waals surface area (Å²) in [6, 6.07) is 15.3. The Morgan fingerprint density at radius 3 is 1.38 bits per heavy atom. The van der Waals surface area contributed by atoms with E-state index in [0.717, 1.165) is 20.9 Å². The van der Waals surface area contributed by atoms with Gasteiger partial charge in [0.1, 0.15) is 9.75 Å². The molecule has 2 aromatic heterocycles. The van der Waals surface area contributed by atoms with E-state index < -0.39 is 0 Å². The van der Waals surface area contributed by atoms with Gasteiger partial charge in [-0.15, -0.1) is 22.7 Å². The van der Waals surface area contributed by atoms with Crippen LogP contribution in [0.2, 0.25) is 0 Å². The molecule has 1 aromatic carbocycles. The summed E-state index contributed by atoms with van der Waals surface area (Å²) in [7, 11) is 2.75. The van der Waals surface area contributed by atoms with E-state index in [2.05, 4.69) is 0 Å². The van der Waals surface area contributed by atoms with Crippen LogP contribution in [0.3, 0.4) is 0 Å². The van der Waals surface area contributed by atoms with Crippen LogP contribution in [0.5, 0.6) is 0 Å². The van der Waals surface area contributed by atoms with Crippen molar-refractivity contribution in [2.24, 2.45) is 0 Å². The van der Waals surface area contributed by atoms with E-state index in [0.29, 0.717) is 9.75 Å². The molecule has 0 aliphatic heterocycles. The van der Waals surface area contributed by atoms with Gasteiger partial charge in [0, 0.05) is 9.75 Å². The van der Waals surface area contributed by atoms with E-state index in [-0.39, 0.29) is 11.9 Å². The Balaban J connectivity index is 1.83. The van der Waals surface area contributed by atoms with Crippen molar-refractivity contribution in [1.82, 2.24) is 0 Å². The predicted molar refractivity (Wildman–Crippen MR) is 95.7 cm³/mol. The summed E-state index contributed by atoms with van der Waals surface area (Å²) in [6.07, 6.45) is 0. The number of methoxy groups -OCH3 is 2. The van der Waals surface area contributed by atoms with E-state index in [1.54, 1.807) is 12.1 Å². The molecular weight excluding hydrogens is 344 g/mol. The summed E-state index contributed by atoms with van der Waals surface area (Å²) in [4.78, 5) is 26.2. The molecule has 3 aromatic rings. The lowest BCUT2D eigenvalue weighted by molar-refractivity contribution is 0.0597. The molecule has 0 unspecified atom stereocenters. The quantitative estimate of drug-likeness (QED) is 0.634. The third kappa shape index (κ3) is 3.25. The lowest BCUT2D eigenvalue weighted by Crippen LogP contribution is -1.96. The molecule has 6 heteroatoms. The van der Waals surface area contributed by atoms with Gasteiger partial charge in [-0.3, -0.25) is 0 Å². The lowest BCUT2D eigenvalue weighted by Gasteiger charge is -2.01. The minimum Gasteiger partial charge on any atom is -0.465 e. The number of esters is 2. The van der Waals surface area contributed by atoms with Gasteiger partial charge >= 0.3 is 11.9 Å². The summed E-state index contributed by atoms with van der Waals surface area (Å²) in [5.74, 6) is -0.645. The maximum atomic E-state index is 11.5. The van der Waals surface area contributed by atoms with Crippen LogP contribution in [0.25, 0.3) is 20.9 Å². The number of thiophene rings is 2. The highest BCUT2D eigenvalue weighted by Crippen LogP contribution is 2.33. The Morgan fingerprint density at radius 1 is 0.667 bits per heavy atom. The molecule has 0 saturated carbocycles. The van der Waals surface area contributed by atoms with Crippen molar-refractivity contribution in [2.75, 3.05) is 14.2 Å². The molecule has 0 bridgehead atoms. The van der Waals surface area contributed by atoms with E-state index >= 15 is 0 Å². The van der Waals surface area contributed by atoms with Crippen molar-refractivity contribution >= 4 is 34.6 Å². The van der Waals surface area contributed by atoms with Crippen molar-refractivity contribution in [3.05, 3.63) is 58.3 Å². The zero-order valence-electron chi connectivity index (χ0n) is 13.1. The number of carbonyl (C=O) groups excluding carboxylic acids is 2. The molecule has 0 spiro atoms. The molecule has 122 valence electrons. The van der Waals surface area contributed by atoms with Crippen LogP contribution in [-0.4, -0.2) is 26.2 Å². The molecule has 24 heavy (non-hydrogen) atoms. The Kier molecular flexibility index (Phi) is 4.78. The van der Waals surface area contributed by atoms with Gasteiger partial charge in [-0.2, -0.15) is 0 Å². The van der Waals surface area contributed by atoms with Crippen LogP contribution in [0.15, 0.2) is 48.5 Å². The van der Waals surface area contributed by atoms with E-state index in [4.69, 9.17) is 9.47 Å². The van der Waals surface area contributed by atoms with Gasteiger partial charge in [0.15, 0.2) is 0 Å². The largest absolute Gasteiger partial charge is 0.465 e. The average molecular weight is 358 g/mol. The monoisotopic (exact) mass is 358 g/mol. The lowest BCUT2D eigenvalue weighted by atomic mass is 10.1. The highest BCUT2D eigenvalue weighted by Gasteiger charge is 2.12. The third-order valence-electron chi connectivity index (χ3n) is 3.44. The first-order valence-electron chi connectivity index (χ1n) is 7.09. The van der Waals surface area contributed by atoms with Crippen LogP contribution in [0.4, 0.5) is 0 Å². The third-order valence-corrected chi connectivity index (χ3v) is 5.67. The number of hydrogen-bond donors (Lipinski definition) is 0. The second-order valence-electron chi connectivity index (χ2n) is 4.89. The Labute approximate surface area is 147 Å². The number of carbonyl (C=O) groups is 2. The fourth-order valence-corrected chi connectivity index (χ4v) is 4.06. The summed E-state index contributed by atoms with van der Waals surface area (Å²) in [5.41, 5.74) is 2.06. The van der Waals surface area contributed by atoms with Gasteiger partial charge in [0.05, 0.1) is 14.2 Å². The Bertz CT molecular complexity index is 801. The molecular formula is C18H14O4S2. The van der Waals surface area contributed by atoms with E-state index in [1.165, 1.54) is 36.9 Å². The highest BCUT2D eigenvalue weighted by molar-refractivity contribution is 7.17. The van der Waals surface area contributed by atoms with Gasteiger partial charge in [0.2, 0.25) is 0 Å². The normalized spacial score (nSPS) is 10.4. The first-order chi connectivity index (χ1) is 11.6. The molecule has 0 amide bonds. The van der Waals surface area contributed by atoms with Crippen LogP contribution < -0.4 is 0 Å². The van der Waals surface area contributed by atoms with Gasteiger partial charge in [-0.05, 0) is 35.4 Å². The summed E-state index contributed by atoms with van der Waals surface area (Å²) in [6.45, 7) is 0. The first kappa shape index (κ1) is 16.4. The highest BCUT2D eigenvalue weighted by atomic mass is 32.1. The van der Waals surface area contributed by atoms with Crippen molar-refractivity contribution in [3.8, 4) is 20.9 Å². The predicted octanol–water partition coefficient (Wildman–Crippen LogP) is 4.72. The molecule has 0 saturated heterocycles. The fourth-order valence-electron chi connectivity index (χ4n) is 2.21. The standard InChI is InChI=1S/C18H14O4S2/c1-21-17(19)15-9-7-13(23-15)11-3-5-12(6-4-11)14-8-10-16(24-14)18(20)22-2/h3-10H,1-2H3. The number of rotatable bonds is 4. The topological polar surface area (TPSA) is 52.6 Å². The molecule has 3 rings (SSSR count). The smallest absolute Gasteiger partial charge is 0.348 e. The van der Waals surface area contributed by atoms with Gasteiger partial charge in [-0.25, -0.2) is 9.59 Å². The number of benzene rings is 1. The molecule has 0 aliphatic rings. The maximum Gasteiger partial charge on any atom is 0.348 e. The molecule has 2 heterocycles. The number of hydrogen-bond acceptors (Lipinski definition) is 6. The number of ether oxygens (including phenoxy) is 2. The molecule has 0 radical (unpaired) electrons. The van der Waals surface area contributed by atoms with Crippen LogP contribution in [0, 0.1) is 0 Å². The minimum absolute atomic E-state index is 0.322. The molecule has 4 nitrogen and oxygen atoms in total. The zero-order chi connectivity index (χ0) is 17.1. The summed E-state index contributed by atoms with van der Waals surface area (Å²) < 4.78 is 9.46. The Hall–Kier alpha value is -2.44. The maximum absolute atomic E-state index is 11.5. The minimum atomic E-state index is -0.322. The van der Waals surface area contributed by atoms with Crippen molar-refractivity contribution in [3.63, 3.8) is 0 Å². The second kappa shape index (κ2) is 6.98. The van der Waals surface area contributed by atoms with E-state index in [9.17, 15) is 9.59 Å². The molecule has 0 atom stereocenters. The summed E-state index contributed by atoms with van der Waals surface area (Å²) >= 11 is 2.80. The van der Waals surface area contributed by atoms with Crippen LogP contribution in [0.1, 0.15) is 19.3 Å². The zero-order valence-corrected chi connectivity index (χ0v) is 14.7. The molecule has 0 N–H and O–H groups in total. The Morgan fingerprint density at radius 2 is 1.04 bits per heavy atom. The first-order valence-corrected chi connectivity index (χ1v) is 8.73. The van der Waals surface area contributed by atoms with Gasteiger partial charge in [-0.1, -0.05) is 24.3 Å². The summed E-state index contributed by atoms with van der Waals surface area (Å²) in [5, 5.41) is 0. The van der Waals surface area contributed by atoms with Crippen molar-refractivity contribution < 1.29 is 19.1 Å². The van der Waals surface area contributed by atoms with Gasteiger partial charge < -0.3 is 9.47 Å². The van der Waals surface area contributed by atoms with Crippen molar-refractivity contribution in [1.29, 1.82) is 0 Å². The SMILES string of the molecule is COC(=O)c1ccc(-c2ccc(-c3ccc(C(=O)OC)s3)cc2)s1. The van der Waals surface area contributed by atoms with Crippen LogP contribution >= 0.6 is 22.7 Å². The average Bonchev–Trinajstić information content (AvgIpc) is 3.30. The fraction of sp³-hybridized carbons (Fsp3) is 0.111. The molecule has 0 aliphatic carbocycles. The van der Waals surface area contributed by atoms with E-state index in [1.807, 2.05) is 36.4 Å². The van der Waals surface area contributed by atoms with Crippen molar-refractivity contribution in [2.45, 2.75) is 0 Å². The van der Waals surface area contributed by atoms with Crippen LogP contribution in [-0.2, 0) is 9.47 Å².